The van der Waals surface area contributed by atoms with Crippen molar-refractivity contribution in [1.29, 1.82) is 0 Å². The van der Waals surface area contributed by atoms with Gasteiger partial charge in [-0.25, -0.2) is 0 Å². The van der Waals surface area contributed by atoms with Gasteiger partial charge in [-0.15, -0.1) is 0 Å². The lowest BCUT2D eigenvalue weighted by Crippen LogP contribution is -2.40. The zero-order valence-electron chi connectivity index (χ0n) is 12.4. The van der Waals surface area contributed by atoms with Crippen molar-refractivity contribution in [1.82, 2.24) is 9.80 Å². The van der Waals surface area contributed by atoms with Gasteiger partial charge in [-0.05, 0) is 52.6 Å². The van der Waals surface area contributed by atoms with Crippen molar-refractivity contribution < 1.29 is 4.79 Å². The van der Waals surface area contributed by atoms with E-state index in [1.54, 1.807) is 0 Å². The molecule has 1 saturated heterocycles. The second-order valence-electron chi connectivity index (χ2n) is 6.53. The Balaban J connectivity index is 2.30. The summed E-state index contributed by atoms with van der Waals surface area (Å²) in [5.74, 6) is 0.852. The average Bonchev–Trinajstić information content (AvgIpc) is 2.24. The molecule has 0 aromatic carbocycles. The molecule has 1 rings (SSSR count). The molecule has 1 heterocycles. The largest absolute Gasteiger partial charge is 0.345 e. The van der Waals surface area contributed by atoms with E-state index in [-0.39, 0.29) is 11.4 Å². The molecule has 1 aliphatic rings. The van der Waals surface area contributed by atoms with E-state index in [2.05, 4.69) is 11.9 Å². The Morgan fingerprint density at radius 2 is 2.17 bits per heavy atom. The van der Waals surface area contributed by atoms with Gasteiger partial charge in [-0.1, -0.05) is 0 Å². The van der Waals surface area contributed by atoms with Crippen LogP contribution in [0.3, 0.4) is 0 Å². The van der Waals surface area contributed by atoms with Crippen LogP contribution in [0.25, 0.3) is 0 Å². The third-order valence-electron chi connectivity index (χ3n) is 3.66. The van der Waals surface area contributed by atoms with Crippen molar-refractivity contribution in [2.75, 3.05) is 33.7 Å². The zero-order chi connectivity index (χ0) is 13.8. The van der Waals surface area contributed by atoms with Crippen molar-refractivity contribution in [3.8, 4) is 0 Å². The first-order valence-corrected chi connectivity index (χ1v) is 6.99. The predicted molar refractivity (Wildman–Crippen MR) is 75.4 cm³/mol. The summed E-state index contributed by atoms with van der Waals surface area (Å²) in [7, 11) is 4.07. The molecule has 4 nitrogen and oxygen atoms in total. The number of rotatable bonds is 5. The average molecular weight is 255 g/mol. The number of nitrogens with zero attached hydrogens (tertiary/aromatic N) is 2. The lowest BCUT2D eigenvalue weighted by atomic mass is 9.97. The van der Waals surface area contributed by atoms with Crippen LogP contribution in [0, 0.1) is 5.92 Å². The van der Waals surface area contributed by atoms with Gasteiger partial charge >= 0.3 is 0 Å². The molecular weight excluding hydrogens is 226 g/mol. The SMILES string of the molecule is CN1CCCC(CN(C)C(=O)CCC(C)(C)N)C1. The van der Waals surface area contributed by atoms with Gasteiger partial charge in [-0.3, -0.25) is 4.79 Å². The van der Waals surface area contributed by atoms with Gasteiger partial charge in [0.15, 0.2) is 0 Å². The molecule has 1 aliphatic heterocycles. The highest BCUT2D eigenvalue weighted by Crippen LogP contribution is 2.17. The number of piperidine rings is 1. The fourth-order valence-electron chi connectivity index (χ4n) is 2.53. The van der Waals surface area contributed by atoms with E-state index in [1.165, 1.54) is 19.4 Å². The number of likely N-dealkylation sites (tertiary alicyclic amines) is 1. The Bertz CT molecular complexity index is 273. The number of amides is 1. The van der Waals surface area contributed by atoms with Crippen molar-refractivity contribution in [3.63, 3.8) is 0 Å². The zero-order valence-corrected chi connectivity index (χ0v) is 12.4. The first kappa shape index (κ1) is 15.4. The molecule has 0 aromatic heterocycles. The Hall–Kier alpha value is -0.610. The van der Waals surface area contributed by atoms with Crippen LogP contribution in [-0.2, 0) is 4.79 Å². The standard InChI is InChI=1S/C14H29N3O/c1-14(2,15)8-7-13(18)17(4)11-12-6-5-9-16(3)10-12/h12H,5-11,15H2,1-4H3. The van der Waals surface area contributed by atoms with E-state index in [1.807, 2.05) is 25.8 Å². The van der Waals surface area contributed by atoms with Gasteiger partial charge in [0.1, 0.15) is 0 Å². The quantitative estimate of drug-likeness (QED) is 0.805. The summed E-state index contributed by atoms with van der Waals surface area (Å²) in [6.07, 6.45) is 3.80. The second-order valence-corrected chi connectivity index (χ2v) is 6.53. The molecule has 1 atom stereocenters. The van der Waals surface area contributed by atoms with E-state index < -0.39 is 0 Å². The van der Waals surface area contributed by atoms with Gasteiger partial charge < -0.3 is 15.5 Å². The van der Waals surface area contributed by atoms with E-state index in [9.17, 15) is 4.79 Å². The third-order valence-corrected chi connectivity index (χ3v) is 3.66. The maximum absolute atomic E-state index is 12.0. The maximum atomic E-state index is 12.0. The minimum atomic E-state index is -0.248. The number of carbonyl (C=O) groups is 1. The number of hydrogen-bond acceptors (Lipinski definition) is 3. The number of nitrogens with two attached hydrogens (primary N) is 1. The molecule has 1 amide bonds. The molecule has 4 heteroatoms. The topological polar surface area (TPSA) is 49.6 Å². The summed E-state index contributed by atoms with van der Waals surface area (Å²) in [5, 5.41) is 0. The fourth-order valence-corrected chi connectivity index (χ4v) is 2.53. The number of hydrogen-bond donors (Lipinski definition) is 1. The van der Waals surface area contributed by atoms with Crippen LogP contribution in [0.2, 0.25) is 0 Å². The molecular formula is C14H29N3O. The molecule has 1 unspecified atom stereocenters. The van der Waals surface area contributed by atoms with Crippen molar-refractivity contribution >= 4 is 5.91 Å². The molecule has 18 heavy (non-hydrogen) atoms. The summed E-state index contributed by atoms with van der Waals surface area (Å²) in [6.45, 7) is 7.12. The first-order chi connectivity index (χ1) is 8.28. The molecule has 106 valence electrons. The van der Waals surface area contributed by atoms with Crippen LogP contribution in [0.1, 0.15) is 39.5 Å². The molecule has 2 N–H and O–H groups in total. The Morgan fingerprint density at radius 3 is 2.72 bits per heavy atom. The van der Waals surface area contributed by atoms with Crippen LogP contribution in [0.5, 0.6) is 0 Å². The minimum absolute atomic E-state index is 0.224. The normalized spacial score (nSPS) is 21.9. The minimum Gasteiger partial charge on any atom is -0.345 e. The van der Waals surface area contributed by atoms with Crippen LogP contribution >= 0.6 is 0 Å². The fraction of sp³-hybridized carbons (Fsp3) is 0.929. The van der Waals surface area contributed by atoms with Crippen LogP contribution in [-0.4, -0.2) is 55.0 Å². The third kappa shape index (κ3) is 5.83. The van der Waals surface area contributed by atoms with Crippen molar-refractivity contribution in [3.05, 3.63) is 0 Å². The summed E-state index contributed by atoms with van der Waals surface area (Å²) >= 11 is 0. The Labute approximate surface area is 111 Å². The van der Waals surface area contributed by atoms with E-state index in [0.29, 0.717) is 12.3 Å². The lowest BCUT2D eigenvalue weighted by molar-refractivity contribution is -0.131. The summed E-state index contributed by atoms with van der Waals surface area (Å²) in [5.41, 5.74) is 5.66. The lowest BCUT2D eigenvalue weighted by Gasteiger charge is -2.32. The van der Waals surface area contributed by atoms with Crippen molar-refractivity contribution in [2.45, 2.75) is 45.1 Å². The first-order valence-electron chi connectivity index (χ1n) is 6.99. The molecule has 1 fully saturated rings. The molecule has 0 aliphatic carbocycles. The Morgan fingerprint density at radius 1 is 1.50 bits per heavy atom. The van der Waals surface area contributed by atoms with Gasteiger partial charge in [0, 0.05) is 32.1 Å². The van der Waals surface area contributed by atoms with Crippen LogP contribution in [0.15, 0.2) is 0 Å². The van der Waals surface area contributed by atoms with Crippen LogP contribution < -0.4 is 5.73 Å². The highest BCUT2D eigenvalue weighted by atomic mass is 16.2. The highest BCUT2D eigenvalue weighted by molar-refractivity contribution is 5.75. The van der Waals surface area contributed by atoms with Gasteiger partial charge in [0.2, 0.25) is 5.91 Å². The summed E-state index contributed by atoms with van der Waals surface area (Å²) < 4.78 is 0. The van der Waals surface area contributed by atoms with E-state index >= 15 is 0 Å². The Kier molecular flexibility index (Phi) is 5.60. The number of carbonyl (C=O) groups excluding carboxylic acids is 1. The second kappa shape index (κ2) is 6.53. The highest BCUT2D eigenvalue weighted by Gasteiger charge is 2.21. The van der Waals surface area contributed by atoms with E-state index in [0.717, 1.165) is 19.5 Å². The van der Waals surface area contributed by atoms with E-state index in [4.69, 9.17) is 5.73 Å². The molecule has 0 spiro atoms. The monoisotopic (exact) mass is 255 g/mol. The molecule has 0 radical (unpaired) electrons. The summed E-state index contributed by atoms with van der Waals surface area (Å²) in [6, 6.07) is 0. The van der Waals surface area contributed by atoms with Gasteiger partial charge in [0.05, 0.1) is 0 Å². The molecule has 0 saturated carbocycles. The summed E-state index contributed by atoms with van der Waals surface area (Å²) in [4.78, 5) is 16.2. The molecule has 0 aromatic rings. The predicted octanol–water partition coefficient (Wildman–Crippen LogP) is 1.30. The van der Waals surface area contributed by atoms with Crippen LogP contribution in [0.4, 0.5) is 0 Å². The smallest absolute Gasteiger partial charge is 0.222 e. The molecule has 0 bridgehead atoms. The van der Waals surface area contributed by atoms with Gasteiger partial charge in [-0.2, -0.15) is 0 Å². The van der Waals surface area contributed by atoms with Gasteiger partial charge in [0.25, 0.3) is 0 Å². The van der Waals surface area contributed by atoms with Crippen molar-refractivity contribution in [2.24, 2.45) is 11.7 Å². The maximum Gasteiger partial charge on any atom is 0.222 e.